The van der Waals surface area contributed by atoms with Gasteiger partial charge < -0.3 is 29.6 Å². The molecule has 5 aromatic rings. The van der Waals surface area contributed by atoms with Crippen LogP contribution >= 0.6 is 23.1 Å². The molecule has 0 unspecified atom stereocenters. The molecule has 12 nitrogen and oxygen atoms in total. The van der Waals surface area contributed by atoms with Crippen LogP contribution in [-0.4, -0.2) is 76.5 Å². The van der Waals surface area contributed by atoms with E-state index in [9.17, 15) is 4.57 Å². The van der Waals surface area contributed by atoms with E-state index in [-0.39, 0.29) is 0 Å². The third-order valence-corrected chi connectivity index (χ3v) is 11.6. The van der Waals surface area contributed by atoms with Crippen molar-refractivity contribution in [3.05, 3.63) is 59.7 Å². The van der Waals surface area contributed by atoms with E-state index in [1.54, 1.807) is 39.0 Å². The van der Waals surface area contributed by atoms with Crippen molar-refractivity contribution in [2.75, 3.05) is 62.3 Å². The molecule has 2 fully saturated rings. The van der Waals surface area contributed by atoms with Gasteiger partial charge in [0.2, 0.25) is 5.95 Å². The average molecular weight is 733 g/mol. The molecule has 2 aliphatic rings. The SMILES string of the molecule is COc1cc(N2CCC3(CCOCC3)CC2)c(-c2cnn(C)c2)cc1Nc1ncc(Br)c(Nc2ccc3nccnc3c2P(C)(C)=O)n1. The first-order valence-corrected chi connectivity index (χ1v) is 19.4. The van der Waals surface area contributed by atoms with Crippen LogP contribution in [0.3, 0.4) is 0 Å². The molecule has 2 aliphatic heterocycles. The van der Waals surface area contributed by atoms with Gasteiger partial charge >= 0.3 is 0 Å². The third-order valence-electron chi connectivity index (χ3n) is 9.45. The van der Waals surface area contributed by atoms with E-state index in [2.05, 4.69) is 63.6 Å². The van der Waals surface area contributed by atoms with E-state index < -0.39 is 7.14 Å². The molecule has 0 saturated carbocycles. The van der Waals surface area contributed by atoms with Crippen molar-refractivity contribution >= 4 is 68.2 Å². The lowest BCUT2D eigenvalue weighted by atomic mass is 9.72. The lowest BCUT2D eigenvalue weighted by Gasteiger charge is -2.45. The largest absolute Gasteiger partial charge is 0.494 e. The average Bonchev–Trinajstić information content (AvgIpc) is 3.52. The van der Waals surface area contributed by atoms with E-state index in [1.165, 1.54) is 0 Å². The Labute approximate surface area is 288 Å². The fourth-order valence-electron chi connectivity index (χ4n) is 6.85. The second-order valence-corrected chi connectivity index (χ2v) is 17.0. The van der Waals surface area contributed by atoms with Crippen LogP contribution in [0.4, 0.5) is 28.8 Å². The maximum absolute atomic E-state index is 13.5. The molecule has 250 valence electrons. The van der Waals surface area contributed by atoms with Crippen LogP contribution in [0.25, 0.3) is 22.2 Å². The van der Waals surface area contributed by atoms with Crippen molar-refractivity contribution in [2.45, 2.75) is 25.7 Å². The molecule has 2 aromatic carbocycles. The molecular weight excluding hydrogens is 693 g/mol. The highest BCUT2D eigenvalue weighted by atomic mass is 79.9. The number of ether oxygens (including phenoxy) is 2. The number of hydrogen-bond donors (Lipinski definition) is 2. The molecule has 3 aromatic heterocycles. The molecule has 2 saturated heterocycles. The first-order chi connectivity index (χ1) is 23.1. The molecule has 0 aliphatic carbocycles. The molecule has 0 atom stereocenters. The Morgan fingerprint density at radius 3 is 2.46 bits per heavy atom. The van der Waals surface area contributed by atoms with Gasteiger partial charge in [-0.3, -0.25) is 14.6 Å². The van der Waals surface area contributed by atoms with Crippen molar-refractivity contribution in [1.29, 1.82) is 0 Å². The van der Waals surface area contributed by atoms with Gasteiger partial charge in [0.05, 0.1) is 40.0 Å². The predicted molar refractivity (Wildman–Crippen MR) is 194 cm³/mol. The Hall–Kier alpha value is -4.06. The molecule has 48 heavy (non-hydrogen) atoms. The van der Waals surface area contributed by atoms with Crippen molar-refractivity contribution in [1.82, 2.24) is 29.7 Å². The number of nitrogens with one attached hydrogen (secondary N) is 2. The summed E-state index contributed by atoms with van der Waals surface area (Å²) >= 11 is 3.59. The van der Waals surface area contributed by atoms with Crippen LogP contribution in [-0.2, 0) is 16.3 Å². The van der Waals surface area contributed by atoms with Crippen LogP contribution < -0.4 is 25.6 Å². The van der Waals surface area contributed by atoms with Crippen LogP contribution in [0, 0.1) is 5.41 Å². The molecule has 2 N–H and O–H groups in total. The van der Waals surface area contributed by atoms with Crippen molar-refractivity contribution in [3.63, 3.8) is 0 Å². The lowest BCUT2D eigenvalue weighted by Crippen LogP contribution is -2.43. The zero-order chi connectivity index (χ0) is 33.5. The van der Waals surface area contributed by atoms with Crippen LogP contribution in [0.2, 0.25) is 0 Å². The second kappa shape index (κ2) is 13.1. The summed E-state index contributed by atoms with van der Waals surface area (Å²) < 4.78 is 27.6. The topological polar surface area (TPSA) is 132 Å². The van der Waals surface area contributed by atoms with Crippen LogP contribution in [0.1, 0.15) is 25.7 Å². The standard InChI is InChI=1S/C34H39BrN9O3P/c1-43-21-22(19-39-43)23-17-27(29(46-2)18-28(23)44-13-7-34(8-14-44)9-15-47-16-10-34)41-33-38-20-24(35)32(42-33)40-26-6-5-25-30(37-12-11-36-25)31(26)48(3,4)45/h5-6,11-12,17-21H,7-10,13-16H2,1-4H3,(H2,38,40,41,42). The predicted octanol–water partition coefficient (Wildman–Crippen LogP) is 6.72. The number of aromatic nitrogens is 6. The molecular formula is C34H39BrN9O3P. The van der Waals surface area contributed by atoms with Crippen molar-refractivity contribution in [3.8, 4) is 16.9 Å². The summed E-state index contributed by atoms with van der Waals surface area (Å²) in [5.74, 6) is 1.55. The number of hydrogen-bond acceptors (Lipinski definition) is 11. The fraction of sp³-hybridized carbons (Fsp3) is 0.382. The quantitative estimate of drug-likeness (QED) is 0.165. The molecule has 0 amide bonds. The van der Waals surface area contributed by atoms with Gasteiger partial charge in [-0.15, -0.1) is 0 Å². The molecule has 0 bridgehead atoms. The number of methoxy groups -OCH3 is 1. The van der Waals surface area contributed by atoms with E-state index in [0.717, 1.165) is 74.5 Å². The Balaban J connectivity index is 1.22. The summed E-state index contributed by atoms with van der Waals surface area (Å²) in [5.41, 5.74) is 6.20. The number of benzene rings is 2. The second-order valence-electron chi connectivity index (χ2n) is 12.9. The first-order valence-electron chi connectivity index (χ1n) is 16.0. The monoisotopic (exact) mass is 731 g/mol. The van der Waals surface area contributed by atoms with Gasteiger partial charge in [-0.25, -0.2) is 4.98 Å². The number of anilines is 5. The fourth-order valence-corrected chi connectivity index (χ4v) is 8.53. The highest BCUT2D eigenvalue weighted by Gasteiger charge is 2.37. The first kappa shape index (κ1) is 32.5. The molecule has 0 radical (unpaired) electrons. The van der Waals surface area contributed by atoms with Crippen LogP contribution in [0.5, 0.6) is 5.75 Å². The summed E-state index contributed by atoms with van der Waals surface area (Å²) in [6.45, 7) is 7.12. The number of nitrogens with zero attached hydrogens (tertiary/aromatic N) is 7. The van der Waals surface area contributed by atoms with Gasteiger partial charge in [-0.1, -0.05) is 0 Å². The van der Waals surface area contributed by atoms with Gasteiger partial charge in [0.1, 0.15) is 24.2 Å². The summed E-state index contributed by atoms with van der Waals surface area (Å²) in [4.78, 5) is 20.7. The maximum Gasteiger partial charge on any atom is 0.229 e. The summed E-state index contributed by atoms with van der Waals surface area (Å²) in [6.07, 6.45) is 13.4. The number of fused-ring (bicyclic) bond motifs is 1. The maximum atomic E-state index is 13.5. The van der Waals surface area contributed by atoms with Gasteiger partial charge in [0, 0.05) is 81.0 Å². The Morgan fingerprint density at radius 2 is 1.75 bits per heavy atom. The molecule has 7 rings (SSSR count). The smallest absolute Gasteiger partial charge is 0.229 e. The van der Waals surface area contributed by atoms with E-state index in [4.69, 9.17) is 14.5 Å². The Kier molecular flexibility index (Phi) is 8.86. The Morgan fingerprint density at radius 1 is 0.979 bits per heavy atom. The number of rotatable bonds is 8. The van der Waals surface area contributed by atoms with E-state index in [1.807, 2.05) is 36.3 Å². The number of aryl methyl sites for hydroxylation is 1. The number of halogens is 1. The van der Waals surface area contributed by atoms with Crippen LogP contribution in [0.15, 0.2) is 59.7 Å². The summed E-state index contributed by atoms with van der Waals surface area (Å²) in [5, 5.41) is 11.9. The van der Waals surface area contributed by atoms with Gasteiger partial charge in [-0.05, 0) is 78.6 Å². The molecule has 1 spiro atoms. The molecule has 14 heteroatoms. The molecule has 5 heterocycles. The number of piperidine rings is 1. The summed E-state index contributed by atoms with van der Waals surface area (Å²) in [6, 6.07) is 7.91. The highest BCUT2D eigenvalue weighted by molar-refractivity contribution is 9.10. The van der Waals surface area contributed by atoms with Gasteiger partial charge in [-0.2, -0.15) is 10.1 Å². The van der Waals surface area contributed by atoms with Crippen molar-refractivity contribution in [2.24, 2.45) is 12.5 Å². The zero-order valence-electron chi connectivity index (χ0n) is 27.5. The minimum absolute atomic E-state index is 0.363. The Bertz CT molecular complexity index is 2020. The highest BCUT2D eigenvalue weighted by Crippen LogP contribution is 2.46. The van der Waals surface area contributed by atoms with Gasteiger partial charge in [0.25, 0.3) is 0 Å². The normalized spacial score (nSPS) is 16.3. The summed E-state index contributed by atoms with van der Waals surface area (Å²) in [7, 11) is 0.838. The zero-order valence-corrected chi connectivity index (χ0v) is 30.0. The van der Waals surface area contributed by atoms with E-state index >= 15 is 0 Å². The van der Waals surface area contributed by atoms with Gasteiger partial charge in [0.15, 0.2) is 0 Å². The minimum atomic E-state index is -2.76. The third kappa shape index (κ3) is 6.51. The lowest BCUT2D eigenvalue weighted by molar-refractivity contribution is 0.00213. The van der Waals surface area contributed by atoms with Crippen molar-refractivity contribution < 1.29 is 14.0 Å². The minimum Gasteiger partial charge on any atom is -0.494 e. The van der Waals surface area contributed by atoms with E-state index in [0.29, 0.717) is 49.4 Å².